The van der Waals surface area contributed by atoms with Crippen LogP contribution in [0.2, 0.25) is 0 Å². The predicted molar refractivity (Wildman–Crippen MR) is 104 cm³/mol. The van der Waals surface area contributed by atoms with Crippen LogP contribution in [0.4, 0.5) is 0 Å². The fourth-order valence-corrected chi connectivity index (χ4v) is 5.89. The molecule has 2 aliphatic carbocycles. The molecule has 1 unspecified atom stereocenters. The Hall–Kier alpha value is -1.72. The lowest BCUT2D eigenvalue weighted by Gasteiger charge is -2.43. The van der Waals surface area contributed by atoms with Gasteiger partial charge in [-0.15, -0.1) is 0 Å². The summed E-state index contributed by atoms with van der Waals surface area (Å²) in [6, 6.07) is 6.09. The second kappa shape index (κ2) is 7.27. The number of ketones is 1. The number of rotatable bonds is 5. The number of methoxy groups -OCH3 is 1. The number of Topliss-reactive ketones (excluding diaryl/α,β-unsaturated/α-hetero) is 1. The quantitative estimate of drug-likeness (QED) is 0.725. The SMILES string of the molecule is COc1ccc(C)c(CC[C@@H]2C(=O)CC[C@]3(C)C(C=O)C4(C[C@@H]23)OCCO4)c1. The van der Waals surface area contributed by atoms with Gasteiger partial charge in [0.25, 0.3) is 0 Å². The van der Waals surface area contributed by atoms with Crippen molar-refractivity contribution in [3.05, 3.63) is 29.3 Å². The summed E-state index contributed by atoms with van der Waals surface area (Å²) in [7, 11) is 1.67. The van der Waals surface area contributed by atoms with Gasteiger partial charge in [0.15, 0.2) is 5.79 Å². The van der Waals surface area contributed by atoms with Crippen LogP contribution in [0.5, 0.6) is 5.75 Å². The van der Waals surface area contributed by atoms with E-state index in [0.717, 1.165) is 31.3 Å². The van der Waals surface area contributed by atoms with Crippen molar-refractivity contribution in [2.24, 2.45) is 23.2 Å². The van der Waals surface area contributed by atoms with Gasteiger partial charge in [-0.05, 0) is 60.8 Å². The fourth-order valence-electron chi connectivity index (χ4n) is 5.89. The zero-order chi connectivity index (χ0) is 19.9. The molecular weight excluding hydrogens is 356 g/mol. The molecule has 1 saturated heterocycles. The first-order chi connectivity index (χ1) is 13.4. The summed E-state index contributed by atoms with van der Waals surface area (Å²) in [5, 5.41) is 0. The molecule has 0 aromatic heterocycles. The van der Waals surface area contributed by atoms with Crippen molar-refractivity contribution in [2.75, 3.05) is 20.3 Å². The molecule has 1 aromatic carbocycles. The third-order valence-corrected chi connectivity index (χ3v) is 7.54. The topological polar surface area (TPSA) is 61.8 Å². The second-order valence-electron chi connectivity index (χ2n) is 8.84. The summed E-state index contributed by atoms with van der Waals surface area (Å²) in [5.74, 6) is 0.0981. The number of hydrogen-bond acceptors (Lipinski definition) is 5. The van der Waals surface area contributed by atoms with Crippen molar-refractivity contribution in [1.29, 1.82) is 0 Å². The van der Waals surface area contributed by atoms with Crippen molar-refractivity contribution >= 4 is 12.1 Å². The lowest BCUT2D eigenvalue weighted by atomic mass is 9.60. The Kier molecular flexibility index (Phi) is 5.09. The monoisotopic (exact) mass is 386 g/mol. The number of aryl methyl sites for hydroxylation is 2. The second-order valence-corrected chi connectivity index (χ2v) is 8.84. The molecule has 1 heterocycles. The Morgan fingerprint density at radius 3 is 2.71 bits per heavy atom. The summed E-state index contributed by atoms with van der Waals surface area (Å²) >= 11 is 0. The van der Waals surface area contributed by atoms with Crippen molar-refractivity contribution in [3.63, 3.8) is 0 Å². The molecule has 3 fully saturated rings. The molecule has 3 aliphatic rings. The molecule has 0 amide bonds. The van der Waals surface area contributed by atoms with Crippen LogP contribution < -0.4 is 4.74 Å². The Morgan fingerprint density at radius 2 is 2.04 bits per heavy atom. The normalized spacial score (nSPS) is 33.8. The number of carbonyl (C=O) groups is 2. The molecule has 2 saturated carbocycles. The third kappa shape index (κ3) is 3.00. The van der Waals surface area contributed by atoms with Gasteiger partial charge in [-0.3, -0.25) is 4.79 Å². The summed E-state index contributed by atoms with van der Waals surface area (Å²) in [6.45, 7) is 5.30. The Balaban J connectivity index is 1.59. The minimum absolute atomic E-state index is 0.0565. The highest BCUT2D eigenvalue weighted by Gasteiger charge is 2.66. The van der Waals surface area contributed by atoms with Crippen LogP contribution in [0.15, 0.2) is 18.2 Å². The molecule has 152 valence electrons. The maximum absolute atomic E-state index is 12.9. The minimum Gasteiger partial charge on any atom is -0.497 e. The lowest BCUT2D eigenvalue weighted by Crippen LogP contribution is -2.45. The fraction of sp³-hybridized carbons (Fsp3) is 0.652. The number of hydrogen-bond donors (Lipinski definition) is 0. The lowest BCUT2D eigenvalue weighted by molar-refractivity contribution is -0.190. The zero-order valence-electron chi connectivity index (χ0n) is 17.0. The van der Waals surface area contributed by atoms with Gasteiger partial charge >= 0.3 is 0 Å². The van der Waals surface area contributed by atoms with Crippen LogP contribution in [-0.2, 0) is 25.5 Å². The van der Waals surface area contributed by atoms with Gasteiger partial charge in [0, 0.05) is 18.8 Å². The van der Waals surface area contributed by atoms with Crippen LogP contribution in [0.3, 0.4) is 0 Å². The van der Waals surface area contributed by atoms with Crippen LogP contribution in [0.25, 0.3) is 0 Å². The maximum Gasteiger partial charge on any atom is 0.178 e. The van der Waals surface area contributed by atoms with Crippen LogP contribution in [0, 0.1) is 30.1 Å². The standard InChI is InChI=1S/C23H30O5/c1-15-4-6-17(26-3)12-16(15)5-7-18-19-13-23(27-10-11-28-23)21(14-24)22(19,2)9-8-20(18)25/h4,6,12,14,18-19,21H,5,7-11,13H2,1-3H3/t18-,19-,21?,22-/m0/s1. The summed E-state index contributed by atoms with van der Waals surface area (Å²) in [5.41, 5.74) is 2.18. The highest BCUT2D eigenvalue weighted by atomic mass is 16.7. The van der Waals surface area contributed by atoms with Gasteiger partial charge < -0.3 is 19.0 Å². The third-order valence-electron chi connectivity index (χ3n) is 7.54. The van der Waals surface area contributed by atoms with E-state index in [-0.39, 0.29) is 23.2 Å². The van der Waals surface area contributed by atoms with Gasteiger partial charge in [-0.1, -0.05) is 13.0 Å². The van der Waals surface area contributed by atoms with Crippen molar-refractivity contribution in [1.82, 2.24) is 0 Å². The van der Waals surface area contributed by atoms with E-state index in [0.29, 0.717) is 31.8 Å². The number of benzene rings is 1. The largest absolute Gasteiger partial charge is 0.497 e. The predicted octanol–water partition coefficient (Wildman–Crippen LogP) is 3.50. The van der Waals surface area contributed by atoms with Crippen LogP contribution >= 0.6 is 0 Å². The van der Waals surface area contributed by atoms with Gasteiger partial charge in [-0.25, -0.2) is 0 Å². The smallest absolute Gasteiger partial charge is 0.178 e. The first kappa shape index (κ1) is 19.6. The van der Waals surface area contributed by atoms with Crippen molar-refractivity contribution in [3.8, 4) is 5.75 Å². The average Bonchev–Trinajstić information content (AvgIpc) is 3.25. The molecule has 0 radical (unpaired) electrons. The van der Waals surface area contributed by atoms with E-state index in [1.165, 1.54) is 11.1 Å². The van der Waals surface area contributed by atoms with E-state index in [2.05, 4.69) is 26.0 Å². The van der Waals surface area contributed by atoms with Gasteiger partial charge in [0.05, 0.1) is 26.2 Å². The van der Waals surface area contributed by atoms with Crippen molar-refractivity contribution in [2.45, 2.75) is 51.7 Å². The maximum atomic E-state index is 12.9. The summed E-state index contributed by atoms with van der Waals surface area (Å²) in [6.07, 6.45) is 4.55. The van der Waals surface area contributed by atoms with E-state index in [4.69, 9.17) is 14.2 Å². The van der Waals surface area contributed by atoms with Crippen LogP contribution in [0.1, 0.15) is 43.7 Å². The molecule has 1 aromatic rings. The molecule has 5 nitrogen and oxygen atoms in total. The summed E-state index contributed by atoms with van der Waals surface area (Å²) < 4.78 is 17.3. The van der Waals surface area contributed by atoms with Crippen LogP contribution in [-0.4, -0.2) is 38.2 Å². The Morgan fingerprint density at radius 1 is 1.29 bits per heavy atom. The number of aldehydes is 1. The van der Waals surface area contributed by atoms with Gasteiger partial charge in [-0.2, -0.15) is 0 Å². The average molecular weight is 386 g/mol. The highest BCUT2D eigenvalue weighted by Crippen LogP contribution is 2.62. The minimum atomic E-state index is -0.823. The molecule has 5 heteroatoms. The molecule has 1 spiro atoms. The number of carbonyl (C=O) groups excluding carboxylic acids is 2. The van der Waals surface area contributed by atoms with E-state index in [9.17, 15) is 9.59 Å². The number of ether oxygens (including phenoxy) is 3. The van der Waals surface area contributed by atoms with Gasteiger partial charge in [0.2, 0.25) is 0 Å². The van der Waals surface area contributed by atoms with E-state index in [1.54, 1.807) is 7.11 Å². The molecule has 4 rings (SSSR count). The Bertz CT molecular complexity index is 766. The first-order valence-corrected chi connectivity index (χ1v) is 10.3. The first-order valence-electron chi connectivity index (χ1n) is 10.3. The molecular formula is C23H30O5. The Labute approximate surface area is 166 Å². The molecule has 28 heavy (non-hydrogen) atoms. The van der Waals surface area contributed by atoms with E-state index < -0.39 is 5.79 Å². The molecule has 1 aliphatic heterocycles. The van der Waals surface area contributed by atoms with Crippen molar-refractivity contribution < 1.29 is 23.8 Å². The van der Waals surface area contributed by atoms with Gasteiger partial charge in [0.1, 0.15) is 17.8 Å². The van der Waals surface area contributed by atoms with E-state index in [1.807, 2.05) is 6.07 Å². The molecule has 4 atom stereocenters. The zero-order valence-corrected chi connectivity index (χ0v) is 17.0. The highest BCUT2D eigenvalue weighted by molar-refractivity contribution is 5.83. The van der Waals surface area contributed by atoms with E-state index >= 15 is 0 Å². The summed E-state index contributed by atoms with van der Waals surface area (Å²) in [4.78, 5) is 25.0. The molecule has 0 bridgehead atoms. The molecule has 0 N–H and O–H groups in total. The number of fused-ring (bicyclic) bond motifs is 1.